The average molecular weight is 1190 g/mol. The number of hydrogen-bond donors (Lipinski definition) is 2. The van der Waals surface area contributed by atoms with Crippen molar-refractivity contribution in [2.24, 2.45) is 21.9 Å². The summed E-state index contributed by atoms with van der Waals surface area (Å²) in [4.78, 5) is 131. The van der Waals surface area contributed by atoms with E-state index in [1.165, 1.54) is 58.0 Å². The van der Waals surface area contributed by atoms with Crippen LogP contribution in [0.1, 0.15) is 112 Å². The number of unbranched alkanes of at least 4 members (excludes halogenated alkanes) is 3. The SMILES string of the molecule is C=CCOC(=O)O[C@H]1C[C@H]2OC[C@@]2(OC(C)=O)C2C(OC(=O)c3ccccc3)[C@]3(O)C[C@H](OC(=O)[C@H](OC(=O)COCC(=O)COCCCCCCN=[N+]=[N-])[C@@H](NC(=O)c4ccccc4)c4ccccc4)C(C)=C([C@@H](OC(C)=O)C(=O)[C@@]21C)C3(C)C. The number of amides is 1. The normalized spacial score (nSPS) is 25.8. The number of ketones is 2. The van der Waals surface area contributed by atoms with Crippen LogP contribution in [0.3, 0.4) is 0 Å². The van der Waals surface area contributed by atoms with Gasteiger partial charge in [-0.25, -0.2) is 19.2 Å². The van der Waals surface area contributed by atoms with Crippen molar-refractivity contribution in [1.82, 2.24) is 5.32 Å². The highest BCUT2D eigenvalue weighted by atomic mass is 16.7. The van der Waals surface area contributed by atoms with Gasteiger partial charge in [0.15, 0.2) is 23.3 Å². The zero-order chi connectivity index (χ0) is 62.4. The molecule has 2 saturated carbocycles. The minimum Gasteiger partial charge on any atom is -0.455 e. The Morgan fingerprint density at radius 1 is 0.826 bits per heavy atom. The maximum absolute atomic E-state index is 16.3. The molecular formula is C62H72N4O20. The van der Waals surface area contributed by atoms with Gasteiger partial charge in [0.05, 0.1) is 23.5 Å². The van der Waals surface area contributed by atoms with Crippen molar-refractivity contribution in [2.75, 3.05) is 46.2 Å². The first kappa shape index (κ1) is 65.3. The summed E-state index contributed by atoms with van der Waals surface area (Å²) < 4.78 is 59.3. The molecule has 1 aliphatic heterocycles. The highest BCUT2D eigenvalue weighted by Crippen LogP contribution is 2.65. The van der Waals surface area contributed by atoms with E-state index in [9.17, 15) is 38.7 Å². The molecule has 1 heterocycles. The van der Waals surface area contributed by atoms with Crippen LogP contribution in [-0.2, 0) is 76.1 Å². The Kier molecular flexibility index (Phi) is 21.8. The molecule has 4 aliphatic rings. The lowest BCUT2D eigenvalue weighted by atomic mass is 9.44. The number of Topliss-reactive ketones (excluding diaryl/α,β-unsaturated/α-hetero) is 2. The van der Waals surface area contributed by atoms with E-state index in [4.69, 9.17) is 52.9 Å². The summed E-state index contributed by atoms with van der Waals surface area (Å²) in [5, 5.41) is 20.5. The number of carbonyl (C=O) groups is 9. The summed E-state index contributed by atoms with van der Waals surface area (Å²) in [6.07, 6.45) is -8.76. The fourth-order valence-electron chi connectivity index (χ4n) is 12.1. The molecule has 7 rings (SSSR count). The molecule has 0 aromatic heterocycles. The molecule has 2 unspecified atom stereocenters. The number of nitrogens with one attached hydrogen (secondary N) is 1. The average Bonchev–Trinajstić information content (AvgIpc) is 0.679. The Hall–Kier alpha value is -8.28. The zero-order valence-corrected chi connectivity index (χ0v) is 48.8. The van der Waals surface area contributed by atoms with Crippen molar-refractivity contribution in [2.45, 2.75) is 134 Å². The van der Waals surface area contributed by atoms with Crippen molar-refractivity contribution in [3.8, 4) is 0 Å². The molecular weight excluding hydrogens is 1120 g/mol. The molecule has 3 aromatic rings. The predicted molar refractivity (Wildman–Crippen MR) is 301 cm³/mol. The Morgan fingerprint density at radius 2 is 1.47 bits per heavy atom. The van der Waals surface area contributed by atoms with Gasteiger partial charge in [-0.3, -0.25) is 24.0 Å². The first-order valence-electron chi connectivity index (χ1n) is 28.2. The van der Waals surface area contributed by atoms with Crippen LogP contribution in [0.5, 0.6) is 0 Å². The number of aliphatic hydroxyl groups is 1. The molecule has 24 nitrogen and oxygen atoms in total. The van der Waals surface area contributed by atoms with Crippen molar-refractivity contribution in [3.63, 3.8) is 0 Å². The van der Waals surface area contributed by atoms with Crippen LogP contribution in [0.4, 0.5) is 4.79 Å². The summed E-state index contributed by atoms with van der Waals surface area (Å²) in [6, 6.07) is 22.0. The zero-order valence-electron chi connectivity index (χ0n) is 48.8. The van der Waals surface area contributed by atoms with Crippen molar-refractivity contribution in [1.29, 1.82) is 0 Å². The smallest absolute Gasteiger partial charge is 0.455 e. The molecule has 2 N–H and O–H groups in total. The van der Waals surface area contributed by atoms with Gasteiger partial charge in [0, 0.05) is 55.7 Å². The van der Waals surface area contributed by atoms with Gasteiger partial charge < -0.3 is 57.8 Å². The second-order valence-electron chi connectivity index (χ2n) is 22.2. The predicted octanol–water partition coefficient (Wildman–Crippen LogP) is 7.11. The second-order valence-corrected chi connectivity index (χ2v) is 22.2. The number of rotatable bonds is 27. The minimum atomic E-state index is -2.61. The summed E-state index contributed by atoms with van der Waals surface area (Å²) in [5.74, 6) is -9.40. The lowest BCUT2D eigenvalue weighted by molar-refractivity contribution is -0.346. The third kappa shape index (κ3) is 14.3. The fraction of sp³-hybridized carbons (Fsp3) is 0.500. The molecule has 0 spiro atoms. The van der Waals surface area contributed by atoms with Crippen LogP contribution in [0, 0.1) is 16.7 Å². The van der Waals surface area contributed by atoms with E-state index in [0.717, 1.165) is 26.7 Å². The molecule has 0 radical (unpaired) electrons. The molecule has 24 heteroatoms. The molecule has 86 heavy (non-hydrogen) atoms. The van der Waals surface area contributed by atoms with Crippen LogP contribution in [0.15, 0.2) is 120 Å². The Bertz CT molecular complexity index is 3080. The number of ether oxygens (including phenoxy) is 10. The number of benzene rings is 3. The van der Waals surface area contributed by atoms with Gasteiger partial charge in [0.25, 0.3) is 5.91 Å². The first-order valence-corrected chi connectivity index (χ1v) is 28.2. The number of hydrogen-bond acceptors (Lipinski definition) is 21. The van der Waals surface area contributed by atoms with Crippen LogP contribution in [0.2, 0.25) is 0 Å². The number of carbonyl (C=O) groups excluding carboxylic acids is 9. The third-order valence-corrected chi connectivity index (χ3v) is 16.3. The number of esters is 5. The van der Waals surface area contributed by atoms with Gasteiger partial charge in [0.1, 0.15) is 62.5 Å². The van der Waals surface area contributed by atoms with Gasteiger partial charge in [0.2, 0.25) is 6.10 Å². The molecule has 3 fully saturated rings. The van der Waals surface area contributed by atoms with Crippen LogP contribution >= 0.6 is 0 Å². The van der Waals surface area contributed by atoms with Crippen LogP contribution < -0.4 is 5.32 Å². The van der Waals surface area contributed by atoms with E-state index in [-0.39, 0.29) is 54.1 Å². The highest BCUT2D eigenvalue weighted by molar-refractivity contribution is 5.97. The molecule has 1 amide bonds. The summed E-state index contributed by atoms with van der Waals surface area (Å²) >= 11 is 0. The van der Waals surface area contributed by atoms with Gasteiger partial charge in [-0.1, -0.05) is 111 Å². The van der Waals surface area contributed by atoms with E-state index in [1.54, 1.807) is 66.7 Å². The lowest BCUT2D eigenvalue weighted by Gasteiger charge is -2.67. The summed E-state index contributed by atoms with van der Waals surface area (Å²) in [7, 11) is 0. The maximum atomic E-state index is 16.3. The lowest BCUT2D eigenvalue weighted by Crippen LogP contribution is -2.82. The maximum Gasteiger partial charge on any atom is 0.508 e. The molecule has 1 saturated heterocycles. The standard InChI is InChI=1S/C62H72N4O20/c1-8-29-79-58(75)83-45-31-46-61(36-80-46,86-39(4)68)52-54(85-56(73)42-26-18-13-19-27-42)62(76)32-44(37(2)48(59(62,5)6)50(81-38(3)67)53(71)60(45,52)7)82-57(74)51(49(40-22-14-11-15-23-40)65-55(72)41-24-16-12-17-25-41)84-47(70)35-78-34-43(69)33-77-30-21-10-9-20-28-64-66-63/h8,11-19,22-27,44-46,49-52,54,76H,1,9-10,20-21,28-36H2,2-7H3,(H,65,72)/t44-,45-,46+,49-,50+,51+,52?,54?,60+,61-,62+/m0/s1. The van der Waals surface area contributed by atoms with Crippen LogP contribution in [-0.4, -0.2) is 153 Å². The second kappa shape index (κ2) is 28.7. The Balaban J connectivity index is 1.32. The number of fused-ring (bicyclic) bond motifs is 5. The van der Waals surface area contributed by atoms with E-state index >= 15 is 9.59 Å². The monoisotopic (exact) mass is 1190 g/mol. The summed E-state index contributed by atoms with van der Waals surface area (Å²) in [6.45, 7) is 9.59. The fourth-order valence-corrected chi connectivity index (χ4v) is 12.1. The molecule has 2 bridgehead atoms. The van der Waals surface area contributed by atoms with Gasteiger partial charge in [-0.15, -0.1) is 0 Å². The highest BCUT2D eigenvalue weighted by Gasteiger charge is 2.79. The van der Waals surface area contributed by atoms with E-state index in [0.29, 0.717) is 19.4 Å². The van der Waals surface area contributed by atoms with Gasteiger partial charge in [-0.2, -0.15) is 0 Å². The number of nitrogens with zero attached hydrogens (tertiary/aromatic N) is 3. The van der Waals surface area contributed by atoms with E-state index in [2.05, 4.69) is 21.9 Å². The van der Waals surface area contributed by atoms with Crippen molar-refractivity contribution < 1.29 is 95.6 Å². The largest absolute Gasteiger partial charge is 0.508 e. The molecule has 460 valence electrons. The number of azide groups is 1. The first-order chi connectivity index (χ1) is 41.0. The third-order valence-electron chi connectivity index (χ3n) is 16.3. The Morgan fingerprint density at radius 3 is 2.08 bits per heavy atom. The van der Waals surface area contributed by atoms with Crippen molar-refractivity contribution >= 4 is 53.5 Å². The van der Waals surface area contributed by atoms with Crippen molar-refractivity contribution in [3.05, 3.63) is 142 Å². The summed E-state index contributed by atoms with van der Waals surface area (Å²) in [5.41, 5.74) is 0.0440. The van der Waals surface area contributed by atoms with E-state index < -0.39 is 150 Å². The minimum absolute atomic E-state index is 0.0224. The molecule has 3 aromatic carbocycles. The topological polar surface area (TPSA) is 327 Å². The van der Waals surface area contributed by atoms with Crippen LogP contribution in [0.25, 0.3) is 10.4 Å². The van der Waals surface area contributed by atoms with Gasteiger partial charge in [-0.05, 0) is 73.2 Å². The van der Waals surface area contributed by atoms with E-state index in [1.807, 2.05) is 0 Å². The molecule has 11 atom stereocenters. The van der Waals surface area contributed by atoms with Gasteiger partial charge >= 0.3 is 36.0 Å². The quantitative estimate of drug-likeness (QED) is 0.0146. The Labute approximate surface area is 496 Å². The molecule has 3 aliphatic carbocycles.